The van der Waals surface area contributed by atoms with Crippen molar-refractivity contribution in [1.82, 2.24) is 5.32 Å². The molecule has 1 aliphatic rings. The topological polar surface area (TPSA) is 55.4 Å². The molecule has 0 atom stereocenters. The second kappa shape index (κ2) is 5.52. The largest absolute Gasteiger partial charge is 0.465 e. The number of nitrogens with one attached hydrogen (secondary N) is 1. The van der Waals surface area contributed by atoms with Crippen molar-refractivity contribution in [2.24, 2.45) is 5.41 Å². The predicted octanol–water partition coefficient (Wildman–Crippen LogP) is 2.42. The number of amides is 1. The highest BCUT2D eigenvalue weighted by atomic mass is 79.9. The number of allylic oxidation sites excluding steroid dienone is 3. The number of methoxy groups -OCH3 is 1. The first-order valence-electron chi connectivity index (χ1n) is 5.44. The molecule has 0 aromatic carbocycles. The lowest BCUT2D eigenvalue weighted by Crippen LogP contribution is -2.20. The minimum absolute atomic E-state index is 0.185. The van der Waals surface area contributed by atoms with E-state index in [1.807, 2.05) is 26.0 Å². The third-order valence-electron chi connectivity index (χ3n) is 2.31. The summed E-state index contributed by atoms with van der Waals surface area (Å²) in [5, 5.41) is 2.69. The Kier molecular flexibility index (Phi) is 4.51. The molecule has 0 radical (unpaired) electrons. The minimum Gasteiger partial charge on any atom is -0.465 e. The highest BCUT2D eigenvalue weighted by molar-refractivity contribution is 9.12. The van der Waals surface area contributed by atoms with E-state index in [4.69, 9.17) is 4.74 Å². The molecule has 1 aliphatic carbocycles. The lowest BCUT2D eigenvalue weighted by atomic mass is 9.92. The molecular weight excluding hydrogens is 298 g/mol. The number of carbonyl (C=O) groups excluding carboxylic acids is 2. The third kappa shape index (κ3) is 3.84. The normalized spacial score (nSPS) is 17.9. The Morgan fingerprint density at radius 2 is 1.94 bits per heavy atom. The van der Waals surface area contributed by atoms with Gasteiger partial charge in [0.25, 0.3) is 0 Å². The molecule has 98 valence electrons. The molecule has 18 heavy (non-hydrogen) atoms. The van der Waals surface area contributed by atoms with Crippen molar-refractivity contribution in [1.29, 1.82) is 0 Å². The van der Waals surface area contributed by atoms with Crippen LogP contribution in [0.1, 0.15) is 20.8 Å². The number of rotatable bonds is 2. The standard InChI is InChI=1S/C13H16BrNO3/c1-8(16)15-9-5-10(12(17)18-4)11(14)7-13(2,3)6-9/h5-7H,1-4H3,(H,15,16). The van der Waals surface area contributed by atoms with Crippen LogP contribution in [0.15, 0.2) is 34.0 Å². The molecule has 0 aromatic heterocycles. The number of halogens is 1. The summed E-state index contributed by atoms with van der Waals surface area (Å²) in [5.74, 6) is -0.636. The Balaban J connectivity index is 3.25. The van der Waals surface area contributed by atoms with Gasteiger partial charge in [0.15, 0.2) is 0 Å². The molecular formula is C13H16BrNO3. The average Bonchev–Trinajstić information content (AvgIpc) is 2.32. The van der Waals surface area contributed by atoms with Crippen molar-refractivity contribution < 1.29 is 14.3 Å². The van der Waals surface area contributed by atoms with E-state index in [0.29, 0.717) is 15.8 Å². The summed E-state index contributed by atoms with van der Waals surface area (Å²) in [4.78, 5) is 22.8. The van der Waals surface area contributed by atoms with E-state index in [0.717, 1.165) is 0 Å². The minimum atomic E-state index is -0.452. The monoisotopic (exact) mass is 313 g/mol. The molecule has 0 spiro atoms. The summed E-state index contributed by atoms with van der Waals surface area (Å²) in [6.07, 6.45) is 5.37. The van der Waals surface area contributed by atoms with Gasteiger partial charge < -0.3 is 10.1 Å². The van der Waals surface area contributed by atoms with Crippen molar-refractivity contribution in [2.75, 3.05) is 7.11 Å². The second-order valence-electron chi connectivity index (χ2n) is 4.64. The first-order valence-corrected chi connectivity index (χ1v) is 6.23. The molecule has 5 heteroatoms. The van der Waals surface area contributed by atoms with Crippen LogP contribution < -0.4 is 5.32 Å². The zero-order chi connectivity index (χ0) is 13.9. The van der Waals surface area contributed by atoms with Gasteiger partial charge in [0.05, 0.1) is 12.7 Å². The molecule has 0 fully saturated rings. The molecule has 0 saturated heterocycles. The first-order chi connectivity index (χ1) is 8.25. The fraction of sp³-hybridized carbons (Fsp3) is 0.385. The Hall–Kier alpha value is -1.36. The Bertz CT molecular complexity index is 473. The highest BCUT2D eigenvalue weighted by Gasteiger charge is 2.23. The maximum absolute atomic E-state index is 11.7. The lowest BCUT2D eigenvalue weighted by Gasteiger charge is -2.15. The van der Waals surface area contributed by atoms with Crippen LogP contribution in [0.25, 0.3) is 0 Å². The van der Waals surface area contributed by atoms with E-state index in [1.165, 1.54) is 14.0 Å². The molecule has 1 rings (SSSR count). The maximum Gasteiger partial charge on any atom is 0.339 e. The molecule has 0 saturated carbocycles. The van der Waals surface area contributed by atoms with Crippen LogP contribution in [0.4, 0.5) is 0 Å². The predicted molar refractivity (Wildman–Crippen MR) is 72.8 cm³/mol. The van der Waals surface area contributed by atoms with Gasteiger partial charge in [-0.25, -0.2) is 4.79 Å². The van der Waals surface area contributed by atoms with E-state index in [1.54, 1.807) is 6.08 Å². The van der Waals surface area contributed by atoms with Gasteiger partial charge in [-0.3, -0.25) is 4.79 Å². The van der Waals surface area contributed by atoms with Crippen LogP contribution in [0.5, 0.6) is 0 Å². The van der Waals surface area contributed by atoms with Gasteiger partial charge in [0, 0.05) is 22.5 Å². The number of ether oxygens (including phenoxy) is 1. The molecule has 0 aliphatic heterocycles. The third-order valence-corrected chi connectivity index (χ3v) is 2.97. The molecule has 0 bridgehead atoms. The Morgan fingerprint density at radius 1 is 1.33 bits per heavy atom. The van der Waals surface area contributed by atoms with Crippen LogP contribution in [0.3, 0.4) is 0 Å². The molecule has 1 N–H and O–H groups in total. The van der Waals surface area contributed by atoms with E-state index >= 15 is 0 Å². The summed E-state index contributed by atoms with van der Waals surface area (Å²) in [5.41, 5.74) is 0.671. The molecule has 0 unspecified atom stereocenters. The summed E-state index contributed by atoms with van der Waals surface area (Å²) in [7, 11) is 1.32. The number of carbonyl (C=O) groups is 2. The van der Waals surface area contributed by atoms with Crippen molar-refractivity contribution in [2.45, 2.75) is 20.8 Å². The zero-order valence-electron chi connectivity index (χ0n) is 10.8. The van der Waals surface area contributed by atoms with Crippen LogP contribution in [-0.2, 0) is 14.3 Å². The summed E-state index contributed by atoms with van der Waals surface area (Å²) in [6, 6.07) is 0. The molecule has 4 nitrogen and oxygen atoms in total. The van der Waals surface area contributed by atoms with Crippen molar-refractivity contribution in [3.05, 3.63) is 34.0 Å². The lowest BCUT2D eigenvalue weighted by molar-refractivity contribution is -0.135. The van der Waals surface area contributed by atoms with Gasteiger partial charge in [-0.05, 0) is 6.08 Å². The fourth-order valence-electron chi connectivity index (χ4n) is 1.65. The number of hydrogen-bond donors (Lipinski definition) is 1. The highest BCUT2D eigenvalue weighted by Crippen LogP contribution is 2.32. The smallest absolute Gasteiger partial charge is 0.339 e. The van der Waals surface area contributed by atoms with Gasteiger partial charge in [-0.1, -0.05) is 41.9 Å². The molecule has 1 amide bonds. The molecule has 0 aromatic rings. The van der Waals surface area contributed by atoms with Gasteiger partial charge in [0.2, 0.25) is 5.91 Å². The van der Waals surface area contributed by atoms with Gasteiger partial charge >= 0.3 is 5.97 Å². The van der Waals surface area contributed by atoms with Crippen LogP contribution >= 0.6 is 15.9 Å². The fourth-order valence-corrected chi connectivity index (χ4v) is 2.52. The van der Waals surface area contributed by atoms with Gasteiger partial charge in [-0.15, -0.1) is 0 Å². The molecule has 0 heterocycles. The van der Waals surface area contributed by atoms with Crippen LogP contribution in [-0.4, -0.2) is 19.0 Å². The number of esters is 1. The van der Waals surface area contributed by atoms with Crippen LogP contribution in [0, 0.1) is 5.41 Å². The van der Waals surface area contributed by atoms with Crippen molar-refractivity contribution >= 4 is 27.8 Å². The van der Waals surface area contributed by atoms with E-state index < -0.39 is 5.97 Å². The number of hydrogen-bond acceptors (Lipinski definition) is 3. The van der Waals surface area contributed by atoms with Gasteiger partial charge in [-0.2, -0.15) is 0 Å². The first kappa shape index (κ1) is 14.7. The summed E-state index contributed by atoms with van der Waals surface area (Å²) >= 11 is 3.36. The SMILES string of the molecule is COC(=O)C1=CC(NC(C)=O)=CC(C)(C)C=C1Br. The van der Waals surface area contributed by atoms with Crippen molar-refractivity contribution in [3.63, 3.8) is 0 Å². The summed E-state index contributed by atoms with van der Waals surface area (Å²) in [6.45, 7) is 5.38. The van der Waals surface area contributed by atoms with Crippen molar-refractivity contribution in [3.8, 4) is 0 Å². The second-order valence-corrected chi connectivity index (χ2v) is 5.50. The van der Waals surface area contributed by atoms with Crippen LogP contribution in [0.2, 0.25) is 0 Å². The Labute approximate surface area is 115 Å². The Morgan fingerprint density at radius 3 is 2.44 bits per heavy atom. The summed E-state index contributed by atoms with van der Waals surface area (Å²) < 4.78 is 5.37. The average molecular weight is 314 g/mol. The van der Waals surface area contributed by atoms with E-state index in [-0.39, 0.29) is 11.3 Å². The maximum atomic E-state index is 11.7. The van der Waals surface area contributed by atoms with E-state index in [2.05, 4.69) is 21.2 Å². The zero-order valence-corrected chi connectivity index (χ0v) is 12.4. The van der Waals surface area contributed by atoms with Gasteiger partial charge in [0.1, 0.15) is 0 Å². The van der Waals surface area contributed by atoms with E-state index in [9.17, 15) is 9.59 Å². The quantitative estimate of drug-likeness (QED) is 0.797.